The van der Waals surface area contributed by atoms with Crippen LogP contribution in [0, 0.1) is 20.8 Å². The number of rotatable bonds is 10. The number of benzene rings is 2. The molecular weight excluding hydrogens is 354 g/mol. The zero-order valence-corrected chi connectivity index (χ0v) is 16.9. The summed E-state index contributed by atoms with van der Waals surface area (Å²) < 4.78 is 10.7. The van der Waals surface area contributed by atoms with Crippen molar-refractivity contribution in [1.82, 2.24) is 5.32 Å². The fourth-order valence-corrected chi connectivity index (χ4v) is 2.58. The van der Waals surface area contributed by atoms with E-state index >= 15 is 0 Å². The maximum atomic E-state index is 11.8. The highest BCUT2D eigenvalue weighted by atomic mass is 16.5. The molecular formula is C23H29NO4. The Bertz CT molecular complexity index is 784. The van der Waals surface area contributed by atoms with Crippen LogP contribution in [0.5, 0.6) is 5.75 Å². The minimum absolute atomic E-state index is 0.0466. The number of carbonyl (C=O) groups excluding carboxylic acids is 2. The fraction of sp³-hybridized carbons (Fsp3) is 0.391. The van der Waals surface area contributed by atoms with Gasteiger partial charge in [-0.15, -0.1) is 0 Å². The van der Waals surface area contributed by atoms with Crippen molar-refractivity contribution in [2.75, 3.05) is 19.8 Å². The number of ether oxygens (including phenoxy) is 2. The Kier molecular flexibility index (Phi) is 8.53. The van der Waals surface area contributed by atoms with Gasteiger partial charge >= 0.3 is 5.97 Å². The Morgan fingerprint density at radius 1 is 0.893 bits per heavy atom. The Hall–Kier alpha value is -2.82. The molecule has 1 N–H and O–H groups in total. The lowest BCUT2D eigenvalue weighted by Crippen LogP contribution is -2.28. The van der Waals surface area contributed by atoms with Gasteiger partial charge < -0.3 is 14.8 Å². The maximum Gasteiger partial charge on any atom is 0.309 e. The number of hydrogen-bond donors (Lipinski definition) is 1. The molecule has 0 spiro atoms. The first-order valence-corrected chi connectivity index (χ1v) is 9.62. The average molecular weight is 383 g/mol. The van der Waals surface area contributed by atoms with Crippen molar-refractivity contribution in [2.45, 2.75) is 40.0 Å². The van der Waals surface area contributed by atoms with Gasteiger partial charge in [-0.1, -0.05) is 35.9 Å². The number of hydrogen-bond acceptors (Lipinski definition) is 4. The fourth-order valence-electron chi connectivity index (χ4n) is 2.58. The first-order valence-electron chi connectivity index (χ1n) is 9.62. The Morgan fingerprint density at radius 2 is 1.64 bits per heavy atom. The highest BCUT2D eigenvalue weighted by Gasteiger charge is 2.06. The molecule has 150 valence electrons. The topological polar surface area (TPSA) is 64.6 Å². The third-order valence-corrected chi connectivity index (χ3v) is 4.50. The first-order chi connectivity index (χ1) is 13.4. The van der Waals surface area contributed by atoms with Gasteiger partial charge in [-0.05, 0) is 56.0 Å². The maximum absolute atomic E-state index is 11.8. The number of carbonyl (C=O) groups is 2. The number of esters is 1. The summed E-state index contributed by atoms with van der Waals surface area (Å²) in [4.78, 5) is 23.6. The molecule has 0 unspecified atom stereocenters. The van der Waals surface area contributed by atoms with Gasteiger partial charge in [0.1, 0.15) is 12.4 Å². The summed E-state index contributed by atoms with van der Waals surface area (Å²) in [6.45, 7) is 6.84. The van der Waals surface area contributed by atoms with E-state index in [0.29, 0.717) is 19.4 Å². The van der Waals surface area contributed by atoms with Gasteiger partial charge in [0, 0.05) is 6.42 Å². The molecule has 2 aromatic carbocycles. The van der Waals surface area contributed by atoms with Crippen LogP contribution in [0.3, 0.4) is 0 Å². The summed E-state index contributed by atoms with van der Waals surface area (Å²) in [5.41, 5.74) is 4.69. The second-order valence-electron chi connectivity index (χ2n) is 6.90. The molecule has 0 bridgehead atoms. The molecule has 0 saturated heterocycles. The Balaban J connectivity index is 1.53. The van der Waals surface area contributed by atoms with Crippen molar-refractivity contribution >= 4 is 11.9 Å². The Labute approximate surface area is 167 Å². The van der Waals surface area contributed by atoms with Crippen molar-refractivity contribution in [3.8, 4) is 5.75 Å². The SMILES string of the molecule is Cc1ccc(CCC(=O)NCCOC(=O)CCOc2ccc(C)c(C)c2)cc1. The number of aryl methyl sites for hydroxylation is 4. The summed E-state index contributed by atoms with van der Waals surface area (Å²) in [5, 5.41) is 2.77. The molecule has 0 saturated carbocycles. The lowest BCUT2D eigenvalue weighted by Gasteiger charge is -2.09. The van der Waals surface area contributed by atoms with Gasteiger partial charge in [0.15, 0.2) is 0 Å². The van der Waals surface area contributed by atoms with Crippen molar-refractivity contribution in [1.29, 1.82) is 0 Å². The smallest absolute Gasteiger partial charge is 0.309 e. The molecule has 5 heteroatoms. The number of amides is 1. The normalized spacial score (nSPS) is 10.4. The van der Waals surface area contributed by atoms with E-state index in [1.807, 2.05) is 63.2 Å². The lowest BCUT2D eigenvalue weighted by atomic mass is 10.1. The first kappa shape index (κ1) is 21.5. The molecule has 5 nitrogen and oxygen atoms in total. The minimum Gasteiger partial charge on any atom is -0.493 e. The van der Waals surface area contributed by atoms with E-state index in [9.17, 15) is 9.59 Å². The van der Waals surface area contributed by atoms with E-state index in [-0.39, 0.29) is 31.5 Å². The van der Waals surface area contributed by atoms with E-state index in [1.54, 1.807) is 0 Å². The predicted octanol–water partition coefficient (Wildman–Crippen LogP) is 3.67. The quantitative estimate of drug-likeness (QED) is 0.502. The molecule has 2 rings (SSSR count). The van der Waals surface area contributed by atoms with Crippen LogP contribution >= 0.6 is 0 Å². The van der Waals surface area contributed by atoms with E-state index in [4.69, 9.17) is 9.47 Å². The van der Waals surface area contributed by atoms with Crippen LogP contribution in [0.1, 0.15) is 35.1 Å². The molecule has 0 atom stereocenters. The van der Waals surface area contributed by atoms with Gasteiger partial charge in [-0.2, -0.15) is 0 Å². The monoisotopic (exact) mass is 383 g/mol. The van der Waals surface area contributed by atoms with Gasteiger partial charge in [-0.3, -0.25) is 9.59 Å². The molecule has 0 heterocycles. The van der Waals surface area contributed by atoms with E-state index < -0.39 is 0 Å². The van der Waals surface area contributed by atoms with Gasteiger partial charge in [-0.25, -0.2) is 0 Å². The van der Waals surface area contributed by atoms with Crippen LogP contribution in [0.15, 0.2) is 42.5 Å². The standard InChI is InChI=1S/C23H29NO4/c1-17-4-7-20(8-5-17)9-11-22(25)24-13-15-28-23(26)12-14-27-21-10-6-18(2)19(3)16-21/h4-8,10,16H,9,11-15H2,1-3H3,(H,24,25). The molecule has 28 heavy (non-hydrogen) atoms. The van der Waals surface area contributed by atoms with E-state index in [0.717, 1.165) is 16.9 Å². The third kappa shape index (κ3) is 7.82. The van der Waals surface area contributed by atoms with Gasteiger partial charge in [0.25, 0.3) is 0 Å². The highest BCUT2D eigenvalue weighted by molar-refractivity contribution is 5.76. The van der Waals surface area contributed by atoms with E-state index in [1.165, 1.54) is 11.1 Å². The van der Waals surface area contributed by atoms with Crippen LogP contribution in [-0.2, 0) is 20.7 Å². The Morgan fingerprint density at radius 3 is 2.36 bits per heavy atom. The van der Waals surface area contributed by atoms with E-state index in [2.05, 4.69) is 5.32 Å². The van der Waals surface area contributed by atoms with Crippen LogP contribution in [0.25, 0.3) is 0 Å². The second kappa shape index (κ2) is 11.1. The summed E-state index contributed by atoms with van der Waals surface area (Å²) in [7, 11) is 0. The highest BCUT2D eigenvalue weighted by Crippen LogP contribution is 2.16. The largest absolute Gasteiger partial charge is 0.493 e. The molecule has 2 aromatic rings. The summed E-state index contributed by atoms with van der Waals surface area (Å²) in [6, 6.07) is 14.0. The van der Waals surface area contributed by atoms with Gasteiger partial charge in [0.2, 0.25) is 5.91 Å². The molecule has 1 amide bonds. The van der Waals surface area contributed by atoms with Crippen LogP contribution in [-0.4, -0.2) is 31.6 Å². The lowest BCUT2D eigenvalue weighted by molar-refractivity contribution is -0.144. The third-order valence-electron chi connectivity index (χ3n) is 4.50. The van der Waals surface area contributed by atoms with Gasteiger partial charge in [0.05, 0.1) is 19.6 Å². The van der Waals surface area contributed by atoms with Crippen molar-refractivity contribution in [2.24, 2.45) is 0 Å². The van der Waals surface area contributed by atoms with Crippen molar-refractivity contribution < 1.29 is 19.1 Å². The van der Waals surface area contributed by atoms with Crippen LogP contribution in [0.4, 0.5) is 0 Å². The van der Waals surface area contributed by atoms with Crippen LogP contribution in [0.2, 0.25) is 0 Å². The summed E-state index contributed by atoms with van der Waals surface area (Å²) in [6.07, 6.45) is 1.29. The zero-order chi connectivity index (χ0) is 20.4. The molecule has 0 aliphatic heterocycles. The second-order valence-corrected chi connectivity index (χ2v) is 6.90. The van der Waals surface area contributed by atoms with Crippen molar-refractivity contribution in [3.63, 3.8) is 0 Å². The van der Waals surface area contributed by atoms with Crippen LogP contribution < -0.4 is 10.1 Å². The number of nitrogens with one attached hydrogen (secondary N) is 1. The zero-order valence-electron chi connectivity index (χ0n) is 16.9. The van der Waals surface area contributed by atoms with Crippen molar-refractivity contribution in [3.05, 3.63) is 64.7 Å². The molecule has 0 aliphatic carbocycles. The molecule has 0 radical (unpaired) electrons. The average Bonchev–Trinajstić information content (AvgIpc) is 2.67. The minimum atomic E-state index is -0.335. The summed E-state index contributed by atoms with van der Waals surface area (Å²) >= 11 is 0. The molecule has 0 aromatic heterocycles. The molecule has 0 fully saturated rings. The predicted molar refractivity (Wildman–Crippen MR) is 109 cm³/mol. The summed E-state index contributed by atoms with van der Waals surface area (Å²) in [5.74, 6) is 0.365. The molecule has 0 aliphatic rings.